The summed E-state index contributed by atoms with van der Waals surface area (Å²) in [7, 11) is 3.66. The number of rotatable bonds is 6. The monoisotopic (exact) mass is 250 g/mol. The van der Waals surface area contributed by atoms with E-state index in [4.69, 9.17) is 5.73 Å². The van der Waals surface area contributed by atoms with Crippen LogP contribution in [0.2, 0.25) is 0 Å². The van der Waals surface area contributed by atoms with Crippen molar-refractivity contribution < 1.29 is 4.79 Å². The number of pyridine rings is 1. The predicted octanol–water partition coefficient (Wildman–Crippen LogP) is 0.354. The molecule has 1 aromatic rings. The van der Waals surface area contributed by atoms with Gasteiger partial charge in [0.15, 0.2) is 0 Å². The minimum absolute atomic E-state index is 0.0178. The van der Waals surface area contributed by atoms with Crippen LogP contribution in [-0.2, 0) is 17.9 Å². The number of hydrogen-bond acceptors (Lipinski definition) is 4. The predicted molar refractivity (Wildman–Crippen MR) is 71.7 cm³/mol. The summed E-state index contributed by atoms with van der Waals surface area (Å²) in [6.07, 6.45) is 1.77. The average molecular weight is 250 g/mol. The third kappa shape index (κ3) is 4.43. The van der Waals surface area contributed by atoms with Crippen LogP contribution in [0.4, 0.5) is 0 Å². The molecule has 0 aliphatic carbocycles. The SMILES string of the molecule is CNC(=O)C(C)CN(C)Cc1ccnc(CN)c1. The molecule has 0 saturated carbocycles. The van der Waals surface area contributed by atoms with Gasteiger partial charge in [0, 0.05) is 38.8 Å². The van der Waals surface area contributed by atoms with Gasteiger partial charge in [0.1, 0.15) is 0 Å². The molecule has 5 nitrogen and oxygen atoms in total. The summed E-state index contributed by atoms with van der Waals surface area (Å²) in [6.45, 7) is 3.89. The van der Waals surface area contributed by atoms with Crippen molar-refractivity contribution >= 4 is 5.91 Å². The molecule has 1 rings (SSSR count). The van der Waals surface area contributed by atoms with Gasteiger partial charge < -0.3 is 16.0 Å². The van der Waals surface area contributed by atoms with Crippen LogP contribution < -0.4 is 11.1 Å². The standard InChI is InChI=1S/C13H22N4O/c1-10(13(18)15-2)8-17(3)9-11-4-5-16-12(6-11)7-14/h4-6,10H,7-9,14H2,1-3H3,(H,15,18). The average Bonchev–Trinajstić information content (AvgIpc) is 2.37. The van der Waals surface area contributed by atoms with E-state index in [9.17, 15) is 4.79 Å². The van der Waals surface area contributed by atoms with E-state index in [2.05, 4.69) is 15.2 Å². The zero-order valence-electron chi connectivity index (χ0n) is 11.3. The Morgan fingerprint density at radius 2 is 2.33 bits per heavy atom. The molecule has 0 aliphatic rings. The fourth-order valence-electron chi connectivity index (χ4n) is 1.91. The Hall–Kier alpha value is -1.46. The molecule has 0 fully saturated rings. The zero-order valence-corrected chi connectivity index (χ0v) is 11.3. The van der Waals surface area contributed by atoms with Crippen LogP contribution in [0.15, 0.2) is 18.3 Å². The molecular formula is C13H22N4O. The fourth-order valence-corrected chi connectivity index (χ4v) is 1.91. The van der Waals surface area contributed by atoms with Gasteiger partial charge in [0.2, 0.25) is 5.91 Å². The highest BCUT2D eigenvalue weighted by atomic mass is 16.1. The van der Waals surface area contributed by atoms with Gasteiger partial charge in [-0.3, -0.25) is 9.78 Å². The van der Waals surface area contributed by atoms with Crippen LogP contribution in [0.3, 0.4) is 0 Å². The Bertz CT molecular complexity index is 394. The maximum Gasteiger partial charge on any atom is 0.223 e. The topological polar surface area (TPSA) is 71.2 Å². The lowest BCUT2D eigenvalue weighted by Gasteiger charge is -2.20. The number of nitrogens with one attached hydrogen (secondary N) is 1. The van der Waals surface area contributed by atoms with Gasteiger partial charge in [0.05, 0.1) is 5.69 Å². The normalized spacial score (nSPS) is 12.5. The molecule has 0 bridgehead atoms. The first-order valence-corrected chi connectivity index (χ1v) is 6.10. The number of nitrogens with zero attached hydrogens (tertiary/aromatic N) is 2. The van der Waals surface area contributed by atoms with Gasteiger partial charge in [-0.2, -0.15) is 0 Å². The van der Waals surface area contributed by atoms with Crippen molar-refractivity contribution in [3.05, 3.63) is 29.6 Å². The van der Waals surface area contributed by atoms with E-state index in [-0.39, 0.29) is 11.8 Å². The van der Waals surface area contributed by atoms with Crippen molar-refractivity contribution in [1.29, 1.82) is 0 Å². The van der Waals surface area contributed by atoms with E-state index in [0.29, 0.717) is 6.54 Å². The van der Waals surface area contributed by atoms with Crippen molar-refractivity contribution in [2.75, 3.05) is 20.6 Å². The van der Waals surface area contributed by atoms with Crippen molar-refractivity contribution in [3.63, 3.8) is 0 Å². The second-order valence-corrected chi connectivity index (χ2v) is 4.57. The molecule has 0 aromatic carbocycles. The molecule has 100 valence electrons. The van der Waals surface area contributed by atoms with Crippen molar-refractivity contribution in [1.82, 2.24) is 15.2 Å². The van der Waals surface area contributed by atoms with Crippen LogP contribution in [0, 0.1) is 5.92 Å². The van der Waals surface area contributed by atoms with Crippen molar-refractivity contribution in [2.24, 2.45) is 11.7 Å². The number of hydrogen-bond donors (Lipinski definition) is 2. The van der Waals surface area contributed by atoms with E-state index >= 15 is 0 Å². The number of nitrogens with two attached hydrogens (primary N) is 1. The van der Waals surface area contributed by atoms with Crippen LogP contribution in [0.5, 0.6) is 0 Å². The third-order valence-corrected chi connectivity index (χ3v) is 2.82. The molecule has 1 aromatic heterocycles. The van der Waals surface area contributed by atoms with Crippen LogP contribution >= 0.6 is 0 Å². The smallest absolute Gasteiger partial charge is 0.223 e. The third-order valence-electron chi connectivity index (χ3n) is 2.82. The van der Waals surface area contributed by atoms with Crippen molar-refractivity contribution in [3.8, 4) is 0 Å². The second-order valence-electron chi connectivity index (χ2n) is 4.57. The largest absolute Gasteiger partial charge is 0.359 e. The summed E-state index contributed by atoms with van der Waals surface area (Å²) < 4.78 is 0. The lowest BCUT2D eigenvalue weighted by atomic mass is 10.1. The second kappa shape index (κ2) is 7.08. The molecular weight excluding hydrogens is 228 g/mol. The molecule has 0 aliphatic heterocycles. The summed E-state index contributed by atoms with van der Waals surface area (Å²) >= 11 is 0. The van der Waals surface area contributed by atoms with Gasteiger partial charge in [-0.1, -0.05) is 6.92 Å². The summed E-state index contributed by atoms with van der Waals surface area (Å²) in [6, 6.07) is 3.97. The Morgan fingerprint density at radius 1 is 1.61 bits per heavy atom. The fraction of sp³-hybridized carbons (Fsp3) is 0.538. The molecule has 18 heavy (non-hydrogen) atoms. The minimum Gasteiger partial charge on any atom is -0.359 e. The van der Waals surface area contributed by atoms with E-state index < -0.39 is 0 Å². The summed E-state index contributed by atoms with van der Waals surface area (Å²) in [5.74, 6) is 0.0510. The van der Waals surface area contributed by atoms with Gasteiger partial charge in [-0.25, -0.2) is 0 Å². The first kappa shape index (κ1) is 14.6. The van der Waals surface area contributed by atoms with Crippen molar-refractivity contribution in [2.45, 2.75) is 20.0 Å². The maximum atomic E-state index is 11.4. The Labute approximate surface area is 108 Å². The lowest BCUT2D eigenvalue weighted by Crippen LogP contribution is -2.34. The highest BCUT2D eigenvalue weighted by Crippen LogP contribution is 2.07. The van der Waals surface area contributed by atoms with Crippen LogP contribution in [0.1, 0.15) is 18.2 Å². The quantitative estimate of drug-likeness (QED) is 0.764. The number of aromatic nitrogens is 1. The van der Waals surface area contributed by atoms with Gasteiger partial charge in [-0.15, -0.1) is 0 Å². The summed E-state index contributed by atoms with van der Waals surface area (Å²) in [5, 5.41) is 2.66. The molecule has 0 saturated heterocycles. The lowest BCUT2D eigenvalue weighted by molar-refractivity contribution is -0.124. The van der Waals surface area contributed by atoms with E-state index in [1.807, 2.05) is 26.1 Å². The molecule has 0 spiro atoms. The summed E-state index contributed by atoms with van der Waals surface area (Å²) in [5.41, 5.74) is 7.61. The van der Waals surface area contributed by atoms with E-state index in [0.717, 1.165) is 24.3 Å². The molecule has 1 heterocycles. The van der Waals surface area contributed by atoms with E-state index in [1.165, 1.54) is 0 Å². The molecule has 0 radical (unpaired) electrons. The highest BCUT2D eigenvalue weighted by molar-refractivity contribution is 5.78. The van der Waals surface area contributed by atoms with Crippen LogP contribution in [0.25, 0.3) is 0 Å². The Morgan fingerprint density at radius 3 is 2.94 bits per heavy atom. The maximum absolute atomic E-state index is 11.4. The summed E-state index contributed by atoms with van der Waals surface area (Å²) in [4.78, 5) is 17.7. The van der Waals surface area contributed by atoms with E-state index in [1.54, 1.807) is 13.2 Å². The van der Waals surface area contributed by atoms with Gasteiger partial charge >= 0.3 is 0 Å². The number of amides is 1. The first-order chi connectivity index (χ1) is 8.56. The van der Waals surface area contributed by atoms with Crippen LogP contribution in [-0.4, -0.2) is 36.4 Å². The highest BCUT2D eigenvalue weighted by Gasteiger charge is 2.13. The van der Waals surface area contributed by atoms with Gasteiger partial charge in [-0.05, 0) is 24.7 Å². The molecule has 5 heteroatoms. The first-order valence-electron chi connectivity index (χ1n) is 6.10. The molecule has 1 unspecified atom stereocenters. The molecule has 1 atom stereocenters. The van der Waals surface area contributed by atoms with Gasteiger partial charge in [0.25, 0.3) is 0 Å². The molecule has 1 amide bonds. The zero-order chi connectivity index (χ0) is 13.5. The minimum atomic E-state index is -0.0178. The number of carbonyl (C=O) groups excluding carboxylic acids is 1. The number of carbonyl (C=O) groups is 1. The molecule has 3 N–H and O–H groups in total. The Balaban J connectivity index is 2.53. The Kier molecular flexibility index (Phi) is 5.74.